The van der Waals surface area contributed by atoms with Gasteiger partial charge in [-0.15, -0.1) is 11.3 Å². The van der Waals surface area contributed by atoms with Gasteiger partial charge in [-0.25, -0.2) is 0 Å². The molecule has 3 heteroatoms. The van der Waals surface area contributed by atoms with E-state index in [-0.39, 0.29) is 6.04 Å². The Labute approximate surface area is 140 Å². The van der Waals surface area contributed by atoms with Crippen molar-refractivity contribution < 1.29 is 0 Å². The smallest absolute Gasteiger partial charge is 0.0711 e. The molecular formula is C19H18ClNS. The summed E-state index contributed by atoms with van der Waals surface area (Å²) in [6, 6.07) is 15.5. The molecule has 22 heavy (non-hydrogen) atoms. The van der Waals surface area contributed by atoms with Gasteiger partial charge in [0.15, 0.2) is 0 Å². The summed E-state index contributed by atoms with van der Waals surface area (Å²) in [6.07, 6.45) is 1.12. The largest absolute Gasteiger partial charge is 0.294 e. The molecule has 1 aromatic heterocycles. The van der Waals surface area contributed by atoms with Crippen LogP contribution in [0.3, 0.4) is 0 Å². The fourth-order valence-electron chi connectivity index (χ4n) is 3.43. The van der Waals surface area contributed by atoms with Gasteiger partial charge in [0, 0.05) is 21.5 Å². The molecule has 0 saturated carbocycles. The van der Waals surface area contributed by atoms with Gasteiger partial charge in [0.1, 0.15) is 0 Å². The molecular weight excluding hydrogens is 310 g/mol. The van der Waals surface area contributed by atoms with E-state index in [4.69, 9.17) is 11.6 Å². The Hall–Kier alpha value is -1.35. The number of fused-ring (bicyclic) bond motifs is 2. The van der Waals surface area contributed by atoms with Gasteiger partial charge in [-0.1, -0.05) is 53.6 Å². The first-order chi connectivity index (χ1) is 10.6. The quantitative estimate of drug-likeness (QED) is 0.575. The fourth-order valence-corrected chi connectivity index (χ4v) is 5.15. The van der Waals surface area contributed by atoms with Crippen LogP contribution in [0.1, 0.15) is 27.6 Å². The fraction of sp³-hybridized carbons (Fsp3) is 0.263. The highest BCUT2D eigenvalue weighted by Crippen LogP contribution is 2.45. The Morgan fingerprint density at radius 3 is 2.82 bits per heavy atom. The van der Waals surface area contributed by atoms with Crippen molar-refractivity contribution in [2.24, 2.45) is 0 Å². The zero-order valence-corrected chi connectivity index (χ0v) is 14.3. The van der Waals surface area contributed by atoms with Crippen LogP contribution in [0.4, 0.5) is 0 Å². The number of hydrogen-bond acceptors (Lipinski definition) is 2. The van der Waals surface area contributed by atoms with Crippen molar-refractivity contribution >= 4 is 33.0 Å². The summed E-state index contributed by atoms with van der Waals surface area (Å²) >= 11 is 8.57. The van der Waals surface area contributed by atoms with E-state index >= 15 is 0 Å². The first kappa shape index (κ1) is 14.3. The SMILES string of the molecule is Cc1ccc2c(c1)CCN(C)C2c1sc2ccccc2c1Cl. The third kappa shape index (κ3) is 2.18. The predicted molar refractivity (Wildman–Crippen MR) is 96.2 cm³/mol. The van der Waals surface area contributed by atoms with E-state index in [1.54, 1.807) is 0 Å². The molecule has 0 amide bonds. The second kappa shape index (κ2) is 5.38. The average Bonchev–Trinajstić information content (AvgIpc) is 2.85. The molecule has 1 aliphatic heterocycles. The van der Waals surface area contributed by atoms with E-state index < -0.39 is 0 Å². The van der Waals surface area contributed by atoms with Gasteiger partial charge in [0.05, 0.1) is 11.1 Å². The Bertz CT molecular complexity index is 852. The lowest BCUT2D eigenvalue weighted by atomic mass is 9.90. The highest BCUT2D eigenvalue weighted by molar-refractivity contribution is 7.19. The Kier molecular flexibility index (Phi) is 3.48. The number of nitrogens with zero attached hydrogens (tertiary/aromatic N) is 1. The molecule has 112 valence electrons. The molecule has 4 rings (SSSR count). The maximum Gasteiger partial charge on any atom is 0.0711 e. The molecule has 0 bridgehead atoms. The molecule has 3 aromatic rings. The summed E-state index contributed by atoms with van der Waals surface area (Å²) in [5, 5.41) is 2.10. The minimum atomic E-state index is 0.272. The summed E-state index contributed by atoms with van der Waals surface area (Å²) < 4.78 is 1.27. The zero-order valence-electron chi connectivity index (χ0n) is 12.8. The van der Waals surface area contributed by atoms with E-state index in [2.05, 4.69) is 61.3 Å². The van der Waals surface area contributed by atoms with Crippen molar-refractivity contribution in [3.05, 3.63) is 69.1 Å². The van der Waals surface area contributed by atoms with Gasteiger partial charge in [-0.05, 0) is 37.6 Å². The standard InChI is InChI=1S/C19H18ClNS/c1-12-7-8-14-13(11-12)9-10-21(2)18(14)19-17(20)15-5-3-4-6-16(15)22-19/h3-8,11,18H,9-10H2,1-2H3. The Morgan fingerprint density at radius 1 is 1.18 bits per heavy atom. The number of rotatable bonds is 1. The van der Waals surface area contributed by atoms with Crippen LogP contribution in [0.25, 0.3) is 10.1 Å². The minimum Gasteiger partial charge on any atom is -0.294 e. The summed E-state index contributed by atoms with van der Waals surface area (Å²) in [6.45, 7) is 3.24. The van der Waals surface area contributed by atoms with Crippen molar-refractivity contribution in [2.45, 2.75) is 19.4 Å². The molecule has 0 radical (unpaired) electrons. The summed E-state index contributed by atoms with van der Waals surface area (Å²) in [7, 11) is 2.20. The van der Waals surface area contributed by atoms with Crippen molar-refractivity contribution in [1.82, 2.24) is 4.90 Å². The van der Waals surface area contributed by atoms with E-state index in [0.29, 0.717) is 0 Å². The lowest BCUT2D eigenvalue weighted by molar-refractivity contribution is 0.268. The van der Waals surface area contributed by atoms with Crippen LogP contribution in [-0.2, 0) is 6.42 Å². The number of halogens is 1. The third-order valence-electron chi connectivity index (χ3n) is 4.58. The van der Waals surface area contributed by atoms with Gasteiger partial charge >= 0.3 is 0 Å². The lowest BCUT2D eigenvalue weighted by Gasteiger charge is -2.34. The Balaban J connectivity index is 1.92. The zero-order chi connectivity index (χ0) is 15.3. The minimum absolute atomic E-state index is 0.272. The van der Waals surface area contributed by atoms with Gasteiger partial charge in [0.2, 0.25) is 0 Å². The molecule has 1 atom stereocenters. The van der Waals surface area contributed by atoms with E-state index in [1.165, 1.54) is 31.7 Å². The summed E-state index contributed by atoms with van der Waals surface area (Å²) in [4.78, 5) is 3.70. The van der Waals surface area contributed by atoms with Crippen LogP contribution in [0.15, 0.2) is 42.5 Å². The van der Waals surface area contributed by atoms with E-state index in [9.17, 15) is 0 Å². The van der Waals surface area contributed by atoms with E-state index in [1.807, 2.05) is 11.3 Å². The van der Waals surface area contributed by atoms with Crippen LogP contribution in [0.5, 0.6) is 0 Å². The Morgan fingerprint density at radius 2 is 2.00 bits per heavy atom. The van der Waals surface area contributed by atoms with Crippen molar-refractivity contribution in [2.75, 3.05) is 13.6 Å². The van der Waals surface area contributed by atoms with Crippen LogP contribution in [0.2, 0.25) is 5.02 Å². The van der Waals surface area contributed by atoms with Crippen LogP contribution in [-0.4, -0.2) is 18.5 Å². The highest BCUT2D eigenvalue weighted by atomic mass is 35.5. The number of benzene rings is 2. The second-order valence-electron chi connectivity index (χ2n) is 6.11. The van der Waals surface area contributed by atoms with E-state index in [0.717, 1.165) is 18.0 Å². The number of hydrogen-bond donors (Lipinski definition) is 0. The highest BCUT2D eigenvalue weighted by Gasteiger charge is 2.29. The molecule has 0 aliphatic carbocycles. The molecule has 1 nitrogen and oxygen atoms in total. The monoisotopic (exact) mass is 327 g/mol. The van der Waals surface area contributed by atoms with Crippen LogP contribution in [0, 0.1) is 6.92 Å². The summed E-state index contributed by atoms with van der Waals surface area (Å²) in [5.74, 6) is 0. The molecule has 2 aromatic carbocycles. The maximum absolute atomic E-state index is 6.74. The second-order valence-corrected chi connectivity index (χ2v) is 7.57. The van der Waals surface area contributed by atoms with Crippen LogP contribution >= 0.6 is 22.9 Å². The molecule has 1 aliphatic rings. The van der Waals surface area contributed by atoms with Crippen LogP contribution < -0.4 is 0 Å². The molecule has 0 fully saturated rings. The summed E-state index contributed by atoms with van der Waals surface area (Å²) in [5.41, 5.74) is 4.22. The first-order valence-electron chi connectivity index (χ1n) is 7.62. The van der Waals surface area contributed by atoms with Crippen molar-refractivity contribution in [3.8, 4) is 0 Å². The van der Waals surface area contributed by atoms with Gasteiger partial charge in [-0.2, -0.15) is 0 Å². The maximum atomic E-state index is 6.74. The molecule has 1 unspecified atom stereocenters. The number of aryl methyl sites for hydroxylation is 1. The molecule has 0 spiro atoms. The predicted octanol–water partition coefficient (Wildman–Crippen LogP) is 5.44. The molecule has 0 N–H and O–H groups in total. The third-order valence-corrected chi connectivity index (χ3v) is 6.32. The van der Waals surface area contributed by atoms with Gasteiger partial charge in [-0.3, -0.25) is 4.90 Å². The topological polar surface area (TPSA) is 3.24 Å². The lowest BCUT2D eigenvalue weighted by Crippen LogP contribution is -2.32. The average molecular weight is 328 g/mol. The first-order valence-corrected chi connectivity index (χ1v) is 8.81. The van der Waals surface area contributed by atoms with Crippen molar-refractivity contribution in [3.63, 3.8) is 0 Å². The molecule has 2 heterocycles. The number of thiophene rings is 1. The van der Waals surface area contributed by atoms with Gasteiger partial charge < -0.3 is 0 Å². The normalized spacial score (nSPS) is 18.6. The number of likely N-dealkylation sites (N-methyl/N-ethyl adjacent to an activating group) is 1. The van der Waals surface area contributed by atoms with Gasteiger partial charge in [0.25, 0.3) is 0 Å². The molecule has 0 saturated heterocycles. The van der Waals surface area contributed by atoms with Crippen molar-refractivity contribution in [1.29, 1.82) is 0 Å².